The Balaban J connectivity index is 3.46. The summed E-state index contributed by atoms with van der Waals surface area (Å²) in [4.78, 5) is 10.8. The average molecular weight is 175 g/mol. The second-order valence-corrected chi connectivity index (χ2v) is 2.61. The van der Waals surface area contributed by atoms with E-state index in [0.717, 1.165) is 0 Å². The molecule has 0 heterocycles. The molecule has 0 saturated carbocycles. The first-order chi connectivity index (χ1) is 4.70. The molecule has 1 rings (SSSR count). The van der Waals surface area contributed by atoms with Crippen LogP contribution in [-0.2, 0) is 0 Å². The van der Waals surface area contributed by atoms with E-state index >= 15 is 0 Å². The van der Waals surface area contributed by atoms with E-state index in [1.54, 1.807) is 12.1 Å². The lowest BCUT2D eigenvalue weighted by Gasteiger charge is -1.73. The molecule has 0 amide bonds. The molecule has 1 aromatic rings. The summed E-state index contributed by atoms with van der Waals surface area (Å²) in [5.74, 6) is 0. The van der Waals surface area contributed by atoms with Crippen LogP contribution in [-0.4, -0.2) is 0 Å². The van der Waals surface area contributed by atoms with Crippen molar-refractivity contribution in [3.05, 3.63) is 44.5 Å². The van der Waals surface area contributed by atoms with Crippen molar-refractivity contribution in [1.29, 1.82) is 0 Å². The quantitative estimate of drug-likeness (QED) is 0.591. The maximum atomic E-state index is 10.8. The van der Waals surface area contributed by atoms with Gasteiger partial charge in [0.15, 0.2) is 5.43 Å². The molecule has 0 aliphatic carbocycles. The predicted octanol–water partition coefficient (Wildman–Crippen LogP) is 2.35. The van der Waals surface area contributed by atoms with Crippen molar-refractivity contribution in [3.63, 3.8) is 0 Å². The topological polar surface area (TPSA) is 17.1 Å². The van der Waals surface area contributed by atoms with Gasteiger partial charge in [0.05, 0.1) is 5.02 Å². The van der Waals surface area contributed by atoms with Gasteiger partial charge in [-0.1, -0.05) is 29.3 Å². The van der Waals surface area contributed by atoms with Crippen molar-refractivity contribution in [2.24, 2.45) is 0 Å². The van der Waals surface area contributed by atoms with Gasteiger partial charge in [0.25, 0.3) is 0 Å². The highest BCUT2D eigenvalue weighted by Crippen LogP contribution is 2.05. The monoisotopic (exact) mass is 174 g/mol. The van der Waals surface area contributed by atoms with Crippen molar-refractivity contribution < 1.29 is 0 Å². The van der Waals surface area contributed by atoms with Gasteiger partial charge < -0.3 is 0 Å². The summed E-state index contributed by atoms with van der Waals surface area (Å²) in [6.07, 6.45) is 0. The fourth-order valence-electron chi connectivity index (χ4n) is 0.549. The van der Waals surface area contributed by atoms with Crippen LogP contribution >= 0.6 is 23.2 Å². The Morgan fingerprint density at radius 2 is 1.90 bits per heavy atom. The average Bonchev–Trinajstić information content (AvgIpc) is 1.96. The first-order valence-electron chi connectivity index (χ1n) is 2.65. The Morgan fingerprint density at radius 1 is 1.20 bits per heavy atom. The third-order valence-corrected chi connectivity index (χ3v) is 1.55. The van der Waals surface area contributed by atoms with Crippen molar-refractivity contribution >= 4 is 23.2 Å². The largest absolute Gasteiger partial charge is 0.288 e. The molecule has 3 heteroatoms. The van der Waals surface area contributed by atoms with E-state index in [1.165, 1.54) is 12.1 Å². The zero-order valence-corrected chi connectivity index (χ0v) is 6.49. The summed E-state index contributed by atoms with van der Waals surface area (Å²) in [6.45, 7) is 0. The summed E-state index contributed by atoms with van der Waals surface area (Å²) >= 11 is 11.0. The molecule has 0 saturated heterocycles. The zero-order chi connectivity index (χ0) is 7.56. The van der Waals surface area contributed by atoms with Gasteiger partial charge in [-0.15, -0.1) is 0 Å². The molecule has 0 aromatic heterocycles. The van der Waals surface area contributed by atoms with Crippen molar-refractivity contribution in [3.8, 4) is 0 Å². The zero-order valence-electron chi connectivity index (χ0n) is 4.97. The molecule has 0 spiro atoms. The molecule has 1 aromatic carbocycles. The van der Waals surface area contributed by atoms with Crippen molar-refractivity contribution in [2.45, 2.75) is 0 Å². The summed E-state index contributed by atoms with van der Waals surface area (Å²) in [6, 6.07) is 6.03. The summed E-state index contributed by atoms with van der Waals surface area (Å²) in [5, 5.41) is 0.587. The Morgan fingerprint density at radius 3 is 2.60 bits per heavy atom. The van der Waals surface area contributed by atoms with Crippen LogP contribution in [0.15, 0.2) is 29.1 Å². The molecular formula is C7H4Cl2O. The standard InChI is InChI=1S/C7H4Cl2O/c8-5-2-1-3-6(9)7(10)4-5/h1-4H. The van der Waals surface area contributed by atoms with E-state index in [-0.39, 0.29) is 10.5 Å². The van der Waals surface area contributed by atoms with Crippen LogP contribution in [0.3, 0.4) is 0 Å². The normalized spacial score (nSPS) is 9.40. The molecular weight excluding hydrogens is 171 g/mol. The minimum absolute atomic E-state index is 0.187. The Kier molecular flexibility index (Phi) is 2.30. The third-order valence-electron chi connectivity index (χ3n) is 1.00. The summed E-state index contributed by atoms with van der Waals surface area (Å²) < 4.78 is 0. The fourth-order valence-corrected chi connectivity index (χ4v) is 0.848. The molecule has 10 heavy (non-hydrogen) atoms. The molecule has 1 nitrogen and oxygen atoms in total. The lowest BCUT2D eigenvalue weighted by molar-refractivity contribution is 1.67. The van der Waals surface area contributed by atoms with Crippen LogP contribution in [0, 0.1) is 0 Å². The SMILES string of the molecule is O=c1cc(Cl)cccc1Cl. The second-order valence-electron chi connectivity index (χ2n) is 1.77. The van der Waals surface area contributed by atoms with E-state index in [0.29, 0.717) is 5.02 Å². The Labute approximate surface area is 68.2 Å². The fraction of sp³-hybridized carbons (Fsp3) is 0. The van der Waals surface area contributed by atoms with Gasteiger partial charge >= 0.3 is 0 Å². The summed E-state index contributed by atoms with van der Waals surface area (Å²) in [7, 11) is 0. The minimum atomic E-state index is -0.253. The molecule has 0 radical (unpaired) electrons. The lowest BCUT2D eigenvalue weighted by Crippen LogP contribution is -1.92. The van der Waals surface area contributed by atoms with Gasteiger partial charge in [0.2, 0.25) is 0 Å². The van der Waals surface area contributed by atoms with E-state index in [4.69, 9.17) is 23.2 Å². The van der Waals surface area contributed by atoms with Crippen LogP contribution in [0.4, 0.5) is 0 Å². The van der Waals surface area contributed by atoms with Crippen LogP contribution in [0.25, 0.3) is 0 Å². The van der Waals surface area contributed by atoms with Gasteiger partial charge in [-0.2, -0.15) is 0 Å². The van der Waals surface area contributed by atoms with Gasteiger partial charge in [0, 0.05) is 11.1 Å². The van der Waals surface area contributed by atoms with Crippen molar-refractivity contribution in [1.82, 2.24) is 0 Å². The van der Waals surface area contributed by atoms with Gasteiger partial charge in [0.1, 0.15) is 0 Å². The van der Waals surface area contributed by atoms with Crippen LogP contribution < -0.4 is 5.43 Å². The third kappa shape index (κ3) is 1.72. The molecule has 0 bridgehead atoms. The molecule has 0 N–H and O–H groups in total. The predicted molar refractivity (Wildman–Crippen MR) is 42.7 cm³/mol. The molecule has 0 aliphatic heterocycles. The first kappa shape index (κ1) is 7.58. The molecule has 0 unspecified atom stereocenters. The van der Waals surface area contributed by atoms with E-state index in [2.05, 4.69) is 0 Å². The van der Waals surface area contributed by atoms with Gasteiger partial charge in [-0.25, -0.2) is 0 Å². The Hall–Kier alpha value is -0.530. The van der Waals surface area contributed by atoms with Gasteiger partial charge in [-0.05, 0) is 12.1 Å². The lowest BCUT2D eigenvalue weighted by atomic mass is 10.5. The van der Waals surface area contributed by atoms with Crippen LogP contribution in [0.5, 0.6) is 0 Å². The summed E-state index contributed by atoms with van der Waals surface area (Å²) in [5.41, 5.74) is -0.253. The molecule has 52 valence electrons. The second kappa shape index (κ2) is 3.04. The highest BCUT2D eigenvalue weighted by molar-refractivity contribution is 6.32. The smallest absolute Gasteiger partial charge is 0.198 e. The van der Waals surface area contributed by atoms with E-state index < -0.39 is 0 Å². The maximum Gasteiger partial charge on any atom is 0.198 e. The van der Waals surface area contributed by atoms with E-state index in [1.807, 2.05) is 0 Å². The molecule has 0 aliphatic rings. The molecule has 0 fully saturated rings. The number of halogens is 2. The van der Waals surface area contributed by atoms with Crippen LogP contribution in [0.2, 0.25) is 10.0 Å². The minimum Gasteiger partial charge on any atom is -0.288 e. The number of hydrogen-bond acceptors (Lipinski definition) is 1. The highest BCUT2D eigenvalue weighted by atomic mass is 35.5. The highest BCUT2D eigenvalue weighted by Gasteiger charge is 1.90. The maximum absolute atomic E-state index is 10.8. The van der Waals surface area contributed by atoms with Crippen LogP contribution in [0.1, 0.15) is 0 Å². The van der Waals surface area contributed by atoms with Crippen molar-refractivity contribution in [2.75, 3.05) is 0 Å². The molecule has 0 atom stereocenters. The first-order valence-corrected chi connectivity index (χ1v) is 3.41. The number of rotatable bonds is 0. The number of hydrogen-bond donors (Lipinski definition) is 0. The van der Waals surface area contributed by atoms with Gasteiger partial charge in [-0.3, -0.25) is 4.79 Å². The van der Waals surface area contributed by atoms with E-state index in [9.17, 15) is 4.79 Å². The Bertz CT molecular complexity index is 296.